The van der Waals surface area contributed by atoms with Gasteiger partial charge in [-0.2, -0.15) is 0 Å². The van der Waals surface area contributed by atoms with Crippen LogP contribution in [0.4, 0.5) is 5.95 Å². The lowest BCUT2D eigenvalue weighted by molar-refractivity contribution is 0.00568. The van der Waals surface area contributed by atoms with Gasteiger partial charge < -0.3 is 9.64 Å². The number of ether oxygens (including phenoxy) is 1. The third kappa shape index (κ3) is 3.62. The molecule has 6 nitrogen and oxygen atoms in total. The fourth-order valence-corrected chi connectivity index (χ4v) is 6.04. The van der Waals surface area contributed by atoms with Gasteiger partial charge in [-0.1, -0.05) is 12.1 Å². The van der Waals surface area contributed by atoms with Gasteiger partial charge >= 0.3 is 0 Å². The molecule has 3 aromatic rings. The lowest BCUT2D eigenvalue weighted by atomic mass is 9.98. The van der Waals surface area contributed by atoms with Gasteiger partial charge in [-0.05, 0) is 57.1 Å². The molecule has 4 heterocycles. The molecule has 0 radical (unpaired) electrons. The molecule has 2 saturated heterocycles. The average Bonchev–Trinajstić information content (AvgIpc) is 3.41. The van der Waals surface area contributed by atoms with Crippen LogP contribution in [0.15, 0.2) is 24.3 Å². The predicted octanol–water partition coefficient (Wildman–Crippen LogP) is 4.72. The van der Waals surface area contributed by atoms with Crippen LogP contribution in [0.5, 0.6) is 0 Å². The topological polar surface area (TPSA) is 56.1 Å². The van der Waals surface area contributed by atoms with Crippen LogP contribution in [0.3, 0.4) is 0 Å². The SMILES string of the molecule is c1ccc2sc(C3CCN(c4nnc(C5CC5)n4C[C@H]4CCCCO4)CC3)nc2c1. The highest BCUT2D eigenvalue weighted by Crippen LogP contribution is 2.41. The first-order chi connectivity index (χ1) is 14.8. The van der Waals surface area contributed by atoms with Gasteiger partial charge in [-0.3, -0.25) is 4.57 Å². The smallest absolute Gasteiger partial charge is 0.227 e. The van der Waals surface area contributed by atoms with Gasteiger partial charge in [-0.15, -0.1) is 21.5 Å². The minimum absolute atomic E-state index is 0.311. The minimum atomic E-state index is 0.311. The van der Waals surface area contributed by atoms with Crippen molar-refractivity contribution >= 4 is 27.5 Å². The standard InChI is InChI=1S/C23H29N5OS/c1-2-7-20-19(6-1)24-22(30-20)17-10-12-27(13-11-17)23-26-25-21(16-8-9-16)28(23)15-18-5-3-4-14-29-18/h1-2,6-7,16-18H,3-5,8-15H2/t18-/m1/s1. The predicted molar refractivity (Wildman–Crippen MR) is 119 cm³/mol. The van der Waals surface area contributed by atoms with Crippen LogP contribution in [-0.2, 0) is 11.3 Å². The maximum absolute atomic E-state index is 6.05. The van der Waals surface area contributed by atoms with Gasteiger partial charge in [0, 0.05) is 31.5 Å². The summed E-state index contributed by atoms with van der Waals surface area (Å²) in [5.41, 5.74) is 1.14. The molecule has 0 amide bonds. The molecule has 0 unspecified atom stereocenters. The van der Waals surface area contributed by atoms with E-state index >= 15 is 0 Å². The zero-order valence-corrected chi connectivity index (χ0v) is 18.2. The highest BCUT2D eigenvalue weighted by molar-refractivity contribution is 7.18. The van der Waals surface area contributed by atoms with Crippen LogP contribution in [0.1, 0.15) is 67.6 Å². The van der Waals surface area contributed by atoms with Crippen molar-refractivity contribution in [3.8, 4) is 0 Å². The fourth-order valence-electron chi connectivity index (χ4n) is 4.91. The number of hydrogen-bond donors (Lipinski definition) is 0. The quantitative estimate of drug-likeness (QED) is 0.594. The van der Waals surface area contributed by atoms with Crippen molar-refractivity contribution in [3.63, 3.8) is 0 Å². The molecule has 3 fully saturated rings. The van der Waals surface area contributed by atoms with Crippen molar-refractivity contribution in [3.05, 3.63) is 35.1 Å². The van der Waals surface area contributed by atoms with Crippen molar-refractivity contribution in [2.45, 2.75) is 69.4 Å². The number of thiazole rings is 1. The highest BCUT2D eigenvalue weighted by Gasteiger charge is 2.34. The van der Waals surface area contributed by atoms with Crippen molar-refractivity contribution in [2.75, 3.05) is 24.6 Å². The number of para-hydroxylation sites is 1. The van der Waals surface area contributed by atoms with Gasteiger partial charge in [-0.25, -0.2) is 4.98 Å². The maximum Gasteiger partial charge on any atom is 0.227 e. The average molecular weight is 424 g/mol. The van der Waals surface area contributed by atoms with E-state index in [4.69, 9.17) is 9.72 Å². The summed E-state index contributed by atoms with van der Waals surface area (Å²) in [5.74, 6) is 3.41. The Balaban J connectivity index is 1.19. The number of anilines is 1. The first-order valence-corrected chi connectivity index (χ1v) is 12.3. The Bertz CT molecular complexity index is 979. The third-order valence-electron chi connectivity index (χ3n) is 6.80. The second kappa shape index (κ2) is 7.93. The molecule has 1 atom stereocenters. The summed E-state index contributed by atoms with van der Waals surface area (Å²) in [4.78, 5) is 7.36. The van der Waals surface area contributed by atoms with E-state index in [-0.39, 0.29) is 0 Å². The summed E-state index contributed by atoms with van der Waals surface area (Å²) in [7, 11) is 0. The summed E-state index contributed by atoms with van der Waals surface area (Å²) in [6.45, 7) is 3.85. The summed E-state index contributed by atoms with van der Waals surface area (Å²) in [5, 5.41) is 10.6. The number of piperidine rings is 1. The van der Waals surface area contributed by atoms with E-state index in [2.05, 4.69) is 43.9 Å². The molecule has 3 aliphatic rings. The Kier molecular flexibility index (Phi) is 4.96. The minimum Gasteiger partial charge on any atom is -0.376 e. The number of fused-ring (bicyclic) bond motifs is 1. The lowest BCUT2D eigenvalue weighted by Crippen LogP contribution is -2.36. The van der Waals surface area contributed by atoms with E-state index in [9.17, 15) is 0 Å². The van der Waals surface area contributed by atoms with Crippen LogP contribution < -0.4 is 4.90 Å². The van der Waals surface area contributed by atoms with Crippen molar-refractivity contribution < 1.29 is 4.74 Å². The highest BCUT2D eigenvalue weighted by atomic mass is 32.1. The van der Waals surface area contributed by atoms with Crippen molar-refractivity contribution in [2.24, 2.45) is 0 Å². The van der Waals surface area contributed by atoms with E-state index < -0.39 is 0 Å². The molecule has 0 bridgehead atoms. The van der Waals surface area contributed by atoms with E-state index in [1.54, 1.807) is 0 Å². The number of benzene rings is 1. The summed E-state index contributed by atoms with van der Waals surface area (Å²) < 4.78 is 9.75. The number of rotatable bonds is 5. The number of nitrogens with zero attached hydrogens (tertiary/aromatic N) is 5. The number of aromatic nitrogens is 4. The molecule has 1 saturated carbocycles. The Morgan fingerprint density at radius 2 is 1.83 bits per heavy atom. The van der Waals surface area contributed by atoms with Gasteiger partial charge in [0.25, 0.3) is 0 Å². The van der Waals surface area contributed by atoms with Crippen LogP contribution in [0, 0.1) is 0 Å². The van der Waals surface area contributed by atoms with E-state index in [0.29, 0.717) is 17.9 Å². The molecular formula is C23H29N5OS. The second-order valence-corrected chi connectivity index (χ2v) is 10.1. The summed E-state index contributed by atoms with van der Waals surface area (Å²) in [6.07, 6.45) is 8.70. The fraction of sp³-hybridized carbons (Fsp3) is 0.609. The molecule has 1 aromatic carbocycles. The van der Waals surface area contributed by atoms with Gasteiger partial charge in [0.2, 0.25) is 5.95 Å². The van der Waals surface area contributed by atoms with E-state index in [1.165, 1.54) is 41.2 Å². The molecule has 0 N–H and O–H groups in total. The maximum atomic E-state index is 6.05. The normalized spacial score (nSPS) is 23.3. The largest absolute Gasteiger partial charge is 0.376 e. The van der Waals surface area contributed by atoms with Gasteiger partial charge in [0.1, 0.15) is 5.82 Å². The molecule has 30 heavy (non-hydrogen) atoms. The molecular weight excluding hydrogens is 394 g/mol. The molecule has 1 aliphatic carbocycles. The lowest BCUT2D eigenvalue weighted by Gasteiger charge is -2.33. The Morgan fingerprint density at radius 1 is 0.967 bits per heavy atom. The van der Waals surface area contributed by atoms with E-state index in [0.717, 1.165) is 57.0 Å². The zero-order valence-electron chi connectivity index (χ0n) is 17.4. The molecule has 2 aromatic heterocycles. The van der Waals surface area contributed by atoms with Crippen LogP contribution >= 0.6 is 11.3 Å². The Hall–Kier alpha value is -1.99. The van der Waals surface area contributed by atoms with Gasteiger partial charge in [0.15, 0.2) is 0 Å². The first kappa shape index (κ1) is 18.8. The first-order valence-electron chi connectivity index (χ1n) is 11.5. The van der Waals surface area contributed by atoms with Gasteiger partial charge in [0.05, 0.1) is 27.9 Å². The summed E-state index contributed by atoms with van der Waals surface area (Å²) >= 11 is 1.86. The Labute approximate surface area is 181 Å². The van der Waals surface area contributed by atoms with Crippen LogP contribution in [0.25, 0.3) is 10.2 Å². The van der Waals surface area contributed by atoms with Crippen LogP contribution in [0.2, 0.25) is 0 Å². The van der Waals surface area contributed by atoms with Crippen LogP contribution in [-0.4, -0.2) is 45.5 Å². The number of hydrogen-bond acceptors (Lipinski definition) is 6. The monoisotopic (exact) mass is 423 g/mol. The van der Waals surface area contributed by atoms with Crippen molar-refractivity contribution in [1.82, 2.24) is 19.7 Å². The third-order valence-corrected chi connectivity index (χ3v) is 8.00. The van der Waals surface area contributed by atoms with E-state index in [1.807, 2.05) is 11.3 Å². The van der Waals surface area contributed by atoms with Crippen molar-refractivity contribution in [1.29, 1.82) is 0 Å². The zero-order chi connectivity index (χ0) is 19.9. The Morgan fingerprint density at radius 3 is 2.60 bits per heavy atom. The molecule has 2 aliphatic heterocycles. The second-order valence-electron chi connectivity index (χ2n) is 9.01. The molecule has 6 rings (SSSR count). The molecule has 0 spiro atoms. The molecule has 7 heteroatoms. The summed E-state index contributed by atoms with van der Waals surface area (Å²) in [6, 6.07) is 8.49. The molecule has 158 valence electrons.